The zero-order valence-electron chi connectivity index (χ0n) is 11.1. The van der Waals surface area contributed by atoms with Crippen LogP contribution in [-0.4, -0.2) is 11.9 Å². The molecule has 4 unspecified atom stereocenters. The predicted octanol–water partition coefficient (Wildman–Crippen LogP) is 3.06. The Labute approximate surface area is 119 Å². The summed E-state index contributed by atoms with van der Waals surface area (Å²) < 4.78 is 0. The van der Waals surface area contributed by atoms with Crippen LogP contribution in [0.2, 0.25) is 0 Å². The SMILES string of the molecule is Cc1ccc(S)cc1C(=O)NC1C2C3CCC(C3)C12. The highest BCUT2D eigenvalue weighted by Crippen LogP contribution is 2.65. The lowest BCUT2D eigenvalue weighted by Gasteiger charge is -2.12. The van der Waals surface area contributed by atoms with Crippen LogP contribution in [0.4, 0.5) is 0 Å². The van der Waals surface area contributed by atoms with Crippen molar-refractivity contribution in [1.29, 1.82) is 0 Å². The quantitative estimate of drug-likeness (QED) is 0.797. The molecule has 100 valence electrons. The van der Waals surface area contributed by atoms with Gasteiger partial charge in [-0.15, -0.1) is 12.6 Å². The number of aryl methyl sites for hydroxylation is 1. The molecule has 4 rings (SSSR count). The lowest BCUT2D eigenvalue weighted by Crippen LogP contribution is -2.30. The van der Waals surface area contributed by atoms with E-state index in [9.17, 15) is 4.79 Å². The van der Waals surface area contributed by atoms with E-state index in [0.717, 1.165) is 39.7 Å². The first kappa shape index (κ1) is 11.8. The topological polar surface area (TPSA) is 29.1 Å². The number of hydrogen-bond acceptors (Lipinski definition) is 2. The molecular formula is C16H19NOS. The largest absolute Gasteiger partial charge is 0.349 e. The van der Waals surface area contributed by atoms with Gasteiger partial charge in [0, 0.05) is 16.5 Å². The van der Waals surface area contributed by atoms with Gasteiger partial charge in [0.15, 0.2) is 0 Å². The molecule has 3 aliphatic carbocycles. The number of hydrogen-bond donors (Lipinski definition) is 2. The molecule has 0 spiro atoms. The molecule has 1 N–H and O–H groups in total. The number of thiol groups is 1. The smallest absolute Gasteiger partial charge is 0.251 e. The van der Waals surface area contributed by atoms with Gasteiger partial charge < -0.3 is 5.32 Å². The summed E-state index contributed by atoms with van der Waals surface area (Å²) in [6, 6.07) is 6.23. The zero-order valence-corrected chi connectivity index (χ0v) is 12.0. The Morgan fingerprint density at radius 1 is 1.26 bits per heavy atom. The first-order valence-electron chi connectivity index (χ1n) is 7.25. The molecule has 0 heterocycles. The van der Waals surface area contributed by atoms with Crippen LogP contribution in [0, 0.1) is 30.6 Å². The minimum atomic E-state index is 0.0900. The average Bonchev–Trinajstić information content (AvgIpc) is 2.80. The Kier molecular flexibility index (Phi) is 2.50. The number of nitrogens with one attached hydrogen (secondary N) is 1. The Bertz CT molecular complexity index is 540. The van der Waals surface area contributed by atoms with E-state index in [-0.39, 0.29) is 5.91 Å². The first-order valence-corrected chi connectivity index (χ1v) is 7.70. The summed E-state index contributed by atoms with van der Waals surface area (Å²) in [6.07, 6.45) is 4.21. The summed E-state index contributed by atoms with van der Waals surface area (Å²) in [4.78, 5) is 13.2. The van der Waals surface area contributed by atoms with Crippen LogP contribution in [0.3, 0.4) is 0 Å². The fourth-order valence-electron chi connectivity index (χ4n) is 4.60. The first-order chi connectivity index (χ1) is 9.15. The van der Waals surface area contributed by atoms with Gasteiger partial charge >= 0.3 is 0 Å². The van der Waals surface area contributed by atoms with Gasteiger partial charge in [0.25, 0.3) is 5.91 Å². The molecule has 2 bridgehead atoms. The van der Waals surface area contributed by atoms with Crippen molar-refractivity contribution in [3.63, 3.8) is 0 Å². The van der Waals surface area contributed by atoms with Crippen molar-refractivity contribution in [3.05, 3.63) is 29.3 Å². The van der Waals surface area contributed by atoms with E-state index < -0.39 is 0 Å². The molecule has 4 atom stereocenters. The Morgan fingerprint density at radius 2 is 1.95 bits per heavy atom. The highest BCUT2D eigenvalue weighted by atomic mass is 32.1. The standard InChI is InChI=1S/C16H19NOS/c1-8-2-5-11(19)7-12(8)16(18)17-15-13-9-3-4-10(6-9)14(13)15/h2,5,7,9-10,13-15,19H,3-4,6H2,1H3,(H,17,18). The minimum absolute atomic E-state index is 0.0900. The molecule has 0 aromatic heterocycles. The van der Waals surface area contributed by atoms with Crippen molar-refractivity contribution < 1.29 is 4.79 Å². The van der Waals surface area contributed by atoms with Crippen LogP contribution >= 0.6 is 12.6 Å². The summed E-state index contributed by atoms with van der Waals surface area (Å²) in [5, 5.41) is 3.27. The second kappa shape index (κ2) is 4.02. The lowest BCUT2D eigenvalue weighted by molar-refractivity contribution is 0.0943. The molecule has 19 heavy (non-hydrogen) atoms. The summed E-state index contributed by atoms with van der Waals surface area (Å²) >= 11 is 4.33. The third-order valence-corrected chi connectivity index (χ3v) is 5.78. The molecule has 3 fully saturated rings. The number of amides is 1. The number of carbonyl (C=O) groups excluding carboxylic acids is 1. The van der Waals surface area contributed by atoms with Crippen LogP contribution in [0.25, 0.3) is 0 Å². The van der Waals surface area contributed by atoms with E-state index in [2.05, 4.69) is 17.9 Å². The molecule has 1 amide bonds. The second-order valence-electron chi connectivity index (χ2n) is 6.49. The number of carbonyl (C=O) groups is 1. The van der Waals surface area contributed by atoms with Crippen LogP contribution in [0.15, 0.2) is 23.1 Å². The molecule has 1 aromatic carbocycles. The summed E-state index contributed by atoms with van der Waals surface area (Å²) in [5.41, 5.74) is 1.81. The van der Waals surface area contributed by atoms with Crippen LogP contribution in [0.1, 0.15) is 35.2 Å². The molecule has 1 aromatic rings. The maximum Gasteiger partial charge on any atom is 0.251 e. The van der Waals surface area contributed by atoms with E-state index in [0.29, 0.717) is 6.04 Å². The van der Waals surface area contributed by atoms with E-state index in [1.54, 1.807) is 0 Å². The number of fused-ring (bicyclic) bond motifs is 5. The Hall–Kier alpha value is -0.960. The van der Waals surface area contributed by atoms with Crippen molar-refractivity contribution in [2.45, 2.75) is 37.1 Å². The lowest BCUT2D eigenvalue weighted by atomic mass is 10.0. The van der Waals surface area contributed by atoms with Crippen molar-refractivity contribution in [3.8, 4) is 0 Å². The van der Waals surface area contributed by atoms with Crippen LogP contribution in [-0.2, 0) is 0 Å². The predicted molar refractivity (Wildman–Crippen MR) is 77.5 cm³/mol. The maximum atomic E-state index is 12.4. The highest BCUT2D eigenvalue weighted by molar-refractivity contribution is 7.80. The summed E-state index contributed by atoms with van der Waals surface area (Å²) in [5.74, 6) is 3.48. The van der Waals surface area contributed by atoms with Gasteiger partial charge in [0.1, 0.15) is 0 Å². The zero-order chi connectivity index (χ0) is 13.1. The van der Waals surface area contributed by atoms with Gasteiger partial charge in [0.2, 0.25) is 0 Å². The van der Waals surface area contributed by atoms with Crippen molar-refractivity contribution in [2.24, 2.45) is 23.7 Å². The minimum Gasteiger partial charge on any atom is -0.349 e. The van der Waals surface area contributed by atoms with Crippen molar-refractivity contribution >= 4 is 18.5 Å². The summed E-state index contributed by atoms with van der Waals surface area (Å²) in [7, 11) is 0. The molecule has 3 heteroatoms. The second-order valence-corrected chi connectivity index (χ2v) is 7.00. The van der Waals surface area contributed by atoms with Crippen LogP contribution in [0.5, 0.6) is 0 Å². The highest BCUT2D eigenvalue weighted by Gasteiger charge is 2.65. The molecule has 0 radical (unpaired) electrons. The molecule has 2 nitrogen and oxygen atoms in total. The molecule has 3 saturated carbocycles. The van der Waals surface area contributed by atoms with Crippen molar-refractivity contribution in [1.82, 2.24) is 5.32 Å². The Morgan fingerprint density at radius 3 is 2.63 bits per heavy atom. The van der Waals surface area contributed by atoms with E-state index >= 15 is 0 Å². The maximum absolute atomic E-state index is 12.4. The fourth-order valence-corrected chi connectivity index (χ4v) is 4.81. The number of rotatable bonds is 2. The van der Waals surface area contributed by atoms with E-state index in [1.165, 1.54) is 19.3 Å². The third-order valence-electron chi connectivity index (χ3n) is 5.50. The average molecular weight is 273 g/mol. The summed E-state index contributed by atoms with van der Waals surface area (Å²) in [6.45, 7) is 1.99. The third kappa shape index (κ3) is 1.74. The fraction of sp³-hybridized carbons (Fsp3) is 0.562. The number of benzene rings is 1. The Balaban J connectivity index is 1.50. The van der Waals surface area contributed by atoms with Crippen LogP contribution < -0.4 is 5.32 Å². The van der Waals surface area contributed by atoms with Gasteiger partial charge in [0.05, 0.1) is 0 Å². The van der Waals surface area contributed by atoms with Gasteiger partial charge in [-0.2, -0.15) is 0 Å². The molecule has 0 aliphatic heterocycles. The van der Waals surface area contributed by atoms with Gasteiger partial charge in [-0.05, 0) is 67.6 Å². The van der Waals surface area contributed by atoms with Crippen molar-refractivity contribution in [2.75, 3.05) is 0 Å². The normalized spacial score (nSPS) is 38.1. The van der Waals surface area contributed by atoms with Gasteiger partial charge in [-0.25, -0.2) is 0 Å². The van der Waals surface area contributed by atoms with Gasteiger partial charge in [-0.1, -0.05) is 6.07 Å². The molecule has 3 aliphatic rings. The van der Waals surface area contributed by atoms with Gasteiger partial charge in [-0.3, -0.25) is 4.79 Å². The monoisotopic (exact) mass is 273 g/mol. The molecule has 0 saturated heterocycles. The van der Waals surface area contributed by atoms with E-state index in [1.807, 2.05) is 25.1 Å². The molecular weight excluding hydrogens is 254 g/mol. The van der Waals surface area contributed by atoms with E-state index in [4.69, 9.17) is 0 Å².